The van der Waals surface area contributed by atoms with Crippen LogP contribution in [-0.2, 0) is 16.0 Å². The van der Waals surface area contributed by atoms with E-state index in [9.17, 15) is 9.59 Å². The maximum atomic E-state index is 11.6. The van der Waals surface area contributed by atoms with Crippen molar-refractivity contribution in [3.63, 3.8) is 0 Å². The zero-order valence-corrected chi connectivity index (χ0v) is 10.8. The lowest BCUT2D eigenvalue weighted by Crippen LogP contribution is -2.41. The second-order valence-electron chi connectivity index (χ2n) is 4.25. The van der Waals surface area contributed by atoms with E-state index >= 15 is 0 Å². The molecular formula is C12H17NO3S. The van der Waals surface area contributed by atoms with Gasteiger partial charge in [0.1, 0.15) is 0 Å². The highest BCUT2D eigenvalue weighted by Crippen LogP contribution is 2.20. The second-order valence-corrected chi connectivity index (χ2v) is 5.28. The predicted octanol–water partition coefficient (Wildman–Crippen LogP) is 1.91. The van der Waals surface area contributed by atoms with Crippen LogP contribution in [0.3, 0.4) is 0 Å². The molecule has 1 atom stereocenters. The molecule has 94 valence electrons. The predicted molar refractivity (Wildman–Crippen MR) is 67.1 cm³/mol. The standard InChI is InChI=1S/C12H17NO3S/c1-3-12(2,11(15)16)8-13-10(14)7-9-5-4-6-17-9/h4-6H,3,7-8H2,1-2H3,(H,13,14)(H,15,16). The first kappa shape index (κ1) is 13.7. The minimum absolute atomic E-state index is 0.131. The first-order valence-electron chi connectivity index (χ1n) is 5.50. The molecule has 0 saturated carbocycles. The third-order valence-corrected chi connectivity index (χ3v) is 3.76. The SMILES string of the molecule is CCC(C)(CNC(=O)Cc1cccs1)C(=O)O. The second kappa shape index (κ2) is 5.82. The summed E-state index contributed by atoms with van der Waals surface area (Å²) in [5, 5.41) is 13.6. The molecule has 0 aliphatic carbocycles. The van der Waals surface area contributed by atoms with Crippen molar-refractivity contribution in [1.82, 2.24) is 5.32 Å². The van der Waals surface area contributed by atoms with Crippen LogP contribution in [0.2, 0.25) is 0 Å². The number of nitrogens with one attached hydrogen (secondary N) is 1. The first-order chi connectivity index (χ1) is 7.98. The van der Waals surface area contributed by atoms with Crippen LogP contribution in [-0.4, -0.2) is 23.5 Å². The molecule has 0 spiro atoms. The summed E-state index contributed by atoms with van der Waals surface area (Å²) in [5.74, 6) is -1.01. The van der Waals surface area contributed by atoms with Crippen LogP contribution in [0.5, 0.6) is 0 Å². The number of thiophene rings is 1. The van der Waals surface area contributed by atoms with Gasteiger partial charge in [0.2, 0.25) is 5.91 Å². The number of carboxylic acids is 1. The van der Waals surface area contributed by atoms with Crippen molar-refractivity contribution in [1.29, 1.82) is 0 Å². The minimum atomic E-state index is -0.884. The fourth-order valence-electron chi connectivity index (χ4n) is 1.28. The molecule has 1 aromatic heterocycles. The Balaban J connectivity index is 2.45. The normalized spacial score (nSPS) is 14.0. The van der Waals surface area contributed by atoms with Gasteiger partial charge in [0, 0.05) is 11.4 Å². The number of hydrogen-bond donors (Lipinski definition) is 2. The number of carbonyl (C=O) groups is 2. The Morgan fingerprint density at radius 1 is 1.53 bits per heavy atom. The number of rotatable bonds is 6. The van der Waals surface area contributed by atoms with E-state index in [-0.39, 0.29) is 12.5 Å². The molecule has 1 unspecified atom stereocenters. The maximum Gasteiger partial charge on any atom is 0.311 e. The van der Waals surface area contributed by atoms with Crippen molar-refractivity contribution in [3.8, 4) is 0 Å². The van der Waals surface area contributed by atoms with Gasteiger partial charge in [0.25, 0.3) is 0 Å². The lowest BCUT2D eigenvalue weighted by Gasteiger charge is -2.23. The van der Waals surface area contributed by atoms with Crippen molar-refractivity contribution in [2.24, 2.45) is 5.41 Å². The average Bonchev–Trinajstić information content (AvgIpc) is 2.78. The monoisotopic (exact) mass is 255 g/mol. The van der Waals surface area contributed by atoms with Gasteiger partial charge >= 0.3 is 5.97 Å². The first-order valence-corrected chi connectivity index (χ1v) is 6.38. The van der Waals surface area contributed by atoms with E-state index in [0.29, 0.717) is 12.8 Å². The van der Waals surface area contributed by atoms with E-state index in [1.807, 2.05) is 17.5 Å². The highest BCUT2D eigenvalue weighted by Gasteiger charge is 2.31. The van der Waals surface area contributed by atoms with Crippen molar-refractivity contribution in [2.45, 2.75) is 26.7 Å². The van der Waals surface area contributed by atoms with Crippen LogP contribution in [0.15, 0.2) is 17.5 Å². The molecule has 1 aromatic rings. The molecule has 2 N–H and O–H groups in total. The van der Waals surface area contributed by atoms with Crippen molar-refractivity contribution in [3.05, 3.63) is 22.4 Å². The summed E-state index contributed by atoms with van der Waals surface area (Å²) in [5.41, 5.74) is -0.884. The Labute approximate surface area is 105 Å². The van der Waals surface area contributed by atoms with Crippen LogP contribution in [0, 0.1) is 5.41 Å². The summed E-state index contributed by atoms with van der Waals surface area (Å²) >= 11 is 1.52. The van der Waals surface area contributed by atoms with E-state index in [0.717, 1.165) is 4.88 Å². The zero-order valence-electron chi connectivity index (χ0n) is 10.0. The van der Waals surface area contributed by atoms with Crippen molar-refractivity contribution < 1.29 is 14.7 Å². The van der Waals surface area contributed by atoms with Crippen molar-refractivity contribution in [2.75, 3.05) is 6.54 Å². The molecule has 0 saturated heterocycles. The van der Waals surface area contributed by atoms with Crippen LogP contribution >= 0.6 is 11.3 Å². The third kappa shape index (κ3) is 3.85. The number of amides is 1. The smallest absolute Gasteiger partial charge is 0.311 e. The van der Waals surface area contributed by atoms with Crippen LogP contribution in [0.4, 0.5) is 0 Å². The average molecular weight is 255 g/mol. The molecule has 1 heterocycles. The highest BCUT2D eigenvalue weighted by atomic mass is 32.1. The van der Waals surface area contributed by atoms with Gasteiger partial charge in [-0.05, 0) is 24.8 Å². The van der Waals surface area contributed by atoms with Crippen molar-refractivity contribution >= 4 is 23.2 Å². The Hall–Kier alpha value is -1.36. The van der Waals surface area contributed by atoms with Crippen LogP contribution in [0.25, 0.3) is 0 Å². The van der Waals surface area contributed by atoms with E-state index in [4.69, 9.17) is 5.11 Å². The van der Waals surface area contributed by atoms with E-state index < -0.39 is 11.4 Å². The largest absolute Gasteiger partial charge is 0.481 e. The fourth-order valence-corrected chi connectivity index (χ4v) is 1.98. The van der Waals surface area contributed by atoms with Gasteiger partial charge in [-0.15, -0.1) is 11.3 Å². The molecule has 17 heavy (non-hydrogen) atoms. The van der Waals surface area contributed by atoms with E-state index in [1.54, 1.807) is 13.8 Å². The Kier molecular flexibility index (Phi) is 4.69. The summed E-state index contributed by atoms with van der Waals surface area (Å²) in [7, 11) is 0. The molecule has 0 aromatic carbocycles. The molecule has 0 fully saturated rings. The van der Waals surface area contributed by atoms with Gasteiger partial charge in [0.15, 0.2) is 0 Å². The number of hydrogen-bond acceptors (Lipinski definition) is 3. The lowest BCUT2D eigenvalue weighted by molar-refractivity contribution is -0.148. The molecule has 0 aliphatic rings. The van der Waals surface area contributed by atoms with E-state index in [1.165, 1.54) is 11.3 Å². The van der Waals surface area contributed by atoms with Crippen LogP contribution < -0.4 is 5.32 Å². The Morgan fingerprint density at radius 2 is 2.24 bits per heavy atom. The summed E-state index contributed by atoms with van der Waals surface area (Å²) in [6.07, 6.45) is 0.804. The molecule has 0 radical (unpaired) electrons. The minimum Gasteiger partial charge on any atom is -0.481 e. The van der Waals surface area contributed by atoms with Gasteiger partial charge in [0.05, 0.1) is 11.8 Å². The molecule has 5 heteroatoms. The molecule has 4 nitrogen and oxygen atoms in total. The zero-order chi connectivity index (χ0) is 12.9. The summed E-state index contributed by atoms with van der Waals surface area (Å²) in [6, 6.07) is 3.78. The van der Waals surface area contributed by atoms with Gasteiger partial charge < -0.3 is 10.4 Å². The maximum absolute atomic E-state index is 11.6. The molecule has 1 amide bonds. The molecule has 0 bridgehead atoms. The summed E-state index contributed by atoms with van der Waals surface area (Å²) < 4.78 is 0. The van der Waals surface area contributed by atoms with Gasteiger partial charge in [-0.2, -0.15) is 0 Å². The molecule has 0 aliphatic heterocycles. The fraction of sp³-hybridized carbons (Fsp3) is 0.500. The highest BCUT2D eigenvalue weighted by molar-refractivity contribution is 7.10. The summed E-state index contributed by atoms with van der Waals surface area (Å²) in [6.45, 7) is 3.61. The van der Waals surface area contributed by atoms with E-state index in [2.05, 4.69) is 5.32 Å². The van der Waals surface area contributed by atoms with Gasteiger partial charge in [-0.25, -0.2) is 0 Å². The van der Waals surface area contributed by atoms with Gasteiger partial charge in [-0.1, -0.05) is 13.0 Å². The molecular weight excluding hydrogens is 238 g/mol. The van der Waals surface area contributed by atoms with Crippen LogP contribution in [0.1, 0.15) is 25.1 Å². The topological polar surface area (TPSA) is 66.4 Å². The Morgan fingerprint density at radius 3 is 2.71 bits per heavy atom. The Bertz CT molecular complexity index is 388. The quantitative estimate of drug-likeness (QED) is 0.816. The van der Waals surface area contributed by atoms with Gasteiger partial charge in [-0.3, -0.25) is 9.59 Å². The number of carbonyl (C=O) groups excluding carboxylic acids is 1. The lowest BCUT2D eigenvalue weighted by atomic mass is 9.88. The molecule has 1 rings (SSSR count). The number of aliphatic carboxylic acids is 1. The summed E-state index contributed by atoms with van der Waals surface area (Å²) in [4.78, 5) is 23.6. The third-order valence-electron chi connectivity index (χ3n) is 2.89. The number of carboxylic acid groups (broad SMARTS) is 1.